The number of aliphatic hydroxyl groups is 1. The van der Waals surface area contributed by atoms with Crippen molar-refractivity contribution in [1.82, 2.24) is 10.6 Å². The lowest BCUT2D eigenvalue weighted by Crippen LogP contribution is -2.44. The Hall–Kier alpha value is -1.62. The van der Waals surface area contributed by atoms with Crippen molar-refractivity contribution in [2.75, 3.05) is 6.61 Å². The van der Waals surface area contributed by atoms with E-state index in [0.29, 0.717) is 0 Å². The first-order valence-corrected chi connectivity index (χ1v) is 7.14. The molecular weight excluding hydrogens is 271 g/mol. The molecule has 21 heavy (non-hydrogen) atoms. The van der Waals surface area contributed by atoms with E-state index < -0.39 is 0 Å². The lowest BCUT2D eigenvalue weighted by molar-refractivity contribution is 0.213. The second-order valence-electron chi connectivity index (χ2n) is 6.57. The van der Waals surface area contributed by atoms with Gasteiger partial charge in [0.15, 0.2) is 0 Å². The normalized spacial score (nSPS) is 14.4. The number of aliphatic hydroxyl groups excluding tert-OH is 1. The van der Waals surface area contributed by atoms with Gasteiger partial charge in [-0.05, 0) is 36.5 Å². The zero-order valence-corrected chi connectivity index (χ0v) is 13.1. The third kappa shape index (κ3) is 6.58. The lowest BCUT2D eigenvalue weighted by Gasteiger charge is -2.27. The third-order valence-electron chi connectivity index (χ3n) is 3.05. The van der Waals surface area contributed by atoms with Crippen LogP contribution in [0.15, 0.2) is 24.3 Å². The van der Waals surface area contributed by atoms with E-state index in [0.717, 1.165) is 12.0 Å². The predicted molar refractivity (Wildman–Crippen MR) is 81.4 cm³/mol. The average molecular weight is 296 g/mol. The fourth-order valence-corrected chi connectivity index (χ4v) is 2.03. The maximum Gasteiger partial charge on any atom is 0.315 e. The van der Waals surface area contributed by atoms with Crippen molar-refractivity contribution in [1.29, 1.82) is 0 Å². The number of hydrogen-bond acceptors (Lipinski definition) is 2. The highest BCUT2D eigenvalue weighted by Crippen LogP contribution is 2.29. The van der Waals surface area contributed by atoms with Crippen LogP contribution in [0, 0.1) is 11.2 Å². The van der Waals surface area contributed by atoms with Crippen LogP contribution >= 0.6 is 0 Å². The molecule has 0 heterocycles. The Morgan fingerprint density at radius 3 is 2.29 bits per heavy atom. The molecule has 1 aromatic rings. The van der Waals surface area contributed by atoms with E-state index in [1.165, 1.54) is 12.1 Å². The number of benzene rings is 1. The summed E-state index contributed by atoms with van der Waals surface area (Å²) in [4.78, 5) is 11.9. The molecular formula is C16H25FN2O2. The number of carbonyl (C=O) groups is 1. The van der Waals surface area contributed by atoms with Crippen molar-refractivity contribution < 1.29 is 14.3 Å². The summed E-state index contributed by atoms with van der Waals surface area (Å²) in [6.07, 6.45) is 0.722. The molecule has 2 amide bonds. The van der Waals surface area contributed by atoms with Crippen molar-refractivity contribution in [2.45, 2.75) is 46.2 Å². The highest BCUT2D eigenvalue weighted by atomic mass is 19.1. The molecule has 0 saturated carbocycles. The van der Waals surface area contributed by atoms with Crippen LogP contribution in [0.25, 0.3) is 0 Å². The number of halogens is 1. The van der Waals surface area contributed by atoms with E-state index in [4.69, 9.17) is 5.11 Å². The molecule has 5 heteroatoms. The summed E-state index contributed by atoms with van der Waals surface area (Å²) >= 11 is 0. The zero-order chi connectivity index (χ0) is 16.0. The number of urea groups is 1. The first-order valence-electron chi connectivity index (χ1n) is 7.14. The Morgan fingerprint density at radius 1 is 1.24 bits per heavy atom. The highest BCUT2D eigenvalue weighted by Gasteiger charge is 2.22. The van der Waals surface area contributed by atoms with Crippen LogP contribution in [0.1, 0.15) is 45.7 Å². The SMILES string of the molecule is CC(CO)NC(=O)NC(CC(C)(C)C)c1ccc(F)cc1. The minimum Gasteiger partial charge on any atom is -0.394 e. The molecule has 0 bridgehead atoms. The van der Waals surface area contributed by atoms with Gasteiger partial charge in [-0.3, -0.25) is 0 Å². The molecule has 0 spiro atoms. The Balaban J connectivity index is 2.82. The molecule has 0 aromatic heterocycles. The van der Waals surface area contributed by atoms with Crippen molar-refractivity contribution in [3.8, 4) is 0 Å². The van der Waals surface area contributed by atoms with E-state index in [9.17, 15) is 9.18 Å². The van der Waals surface area contributed by atoms with Gasteiger partial charge >= 0.3 is 6.03 Å². The fourth-order valence-electron chi connectivity index (χ4n) is 2.03. The van der Waals surface area contributed by atoms with E-state index >= 15 is 0 Å². The summed E-state index contributed by atoms with van der Waals surface area (Å²) in [5, 5.41) is 14.5. The molecule has 118 valence electrons. The standard InChI is InChI=1S/C16H25FN2O2/c1-11(10-20)18-15(21)19-14(9-16(2,3)4)12-5-7-13(17)8-6-12/h5-8,11,14,20H,9-10H2,1-4H3,(H2,18,19,21). The topological polar surface area (TPSA) is 61.4 Å². The minimum absolute atomic E-state index is 0.00886. The Labute approximate surface area is 125 Å². The largest absolute Gasteiger partial charge is 0.394 e. The van der Waals surface area contributed by atoms with Gasteiger partial charge in [0.1, 0.15) is 5.82 Å². The molecule has 0 saturated heterocycles. The van der Waals surface area contributed by atoms with Gasteiger partial charge in [0.2, 0.25) is 0 Å². The van der Waals surface area contributed by atoms with E-state index in [1.807, 2.05) is 0 Å². The van der Waals surface area contributed by atoms with Gasteiger partial charge in [-0.25, -0.2) is 9.18 Å². The smallest absolute Gasteiger partial charge is 0.315 e. The number of hydrogen-bond donors (Lipinski definition) is 3. The van der Waals surface area contributed by atoms with E-state index in [-0.39, 0.29) is 36.0 Å². The number of carbonyl (C=O) groups excluding carboxylic acids is 1. The molecule has 3 N–H and O–H groups in total. The van der Waals surface area contributed by atoms with Gasteiger partial charge in [0, 0.05) is 0 Å². The van der Waals surface area contributed by atoms with Crippen LogP contribution < -0.4 is 10.6 Å². The van der Waals surface area contributed by atoms with Gasteiger partial charge in [0.25, 0.3) is 0 Å². The van der Waals surface area contributed by atoms with Crippen LogP contribution in [-0.4, -0.2) is 23.8 Å². The molecule has 2 unspecified atom stereocenters. The van der Waals surface area contributed by atoms with Crippen LogP contribution in [-0.2, 0) is 0 Å². The molecule has 0 aliphatic rings. The fraction of sp³-hybridized carbons (Fsp3) is 0.562. The first kappa shape index (κ1) is 17.4. The number of rotatable bonds is 5. The molecule has 0 fully saturated rings. The Bertz CT molecular complexity index is 454. The summed E-state index contributed by atoms with van der Waals surface area (Å²) in [5.74, 6) is -0.299. The van der Waals surface area contributed by atoms with Crippen molar-refractivity contribution in [3.63, 3.8) is 0 Å². The molecule has 2 atom stereocenters. The summed E-state index contributed by atoms with van der Waals surface area (Å²) in [7, 11) is 0. The third-order valence-corrected chi connectivity index (χ3v) is 3.05. The maximum atomic E-state index is 13.0. The van der Waals surface area contributed by atoms with Gasteiger partial charge in [-0.1, -0.05) is 32.9 Å². The van der Waals surface area contributed by atoms with Gasteiger partial charge in [-0.2, -0.15) is 0 Å². The van der Waals surface area contributed by atoms with Gasteiger partial charge < -0.3 is 15.7 Å². The second kappa shape index (κ2) is 7.41. The quantitative estimate of drug-likeness (QED) is 0.782. The summed E-state index contributed by atoms with van der Waals surface area (Å²) < 4.78 is 13.0. The summed E-state index contributed by atoms with van der Waals surface area (Å²) in [5.41, 5.74) is 0.868. The summed E-state index contributed by atoms with van der Waals surface area (Å²) in [6, 6.07) is 5.28. The second-order valence-corrected chi connectivity index (χ2v) is 6.57. The molecule has 0 aliphatic heterocycles. The predicted octanol–water partition coefficient (Wildman–Crippen LogP) is 2.98. The monoisotopic (exact) mass is 296 g/mol. The molecule has 0 radical (unpaired) electrons. The lowest BCUT2D eigenvalue weighted by atomic mass is 9.85. The van der Waals surface area contributed by atoms with Gasteiger partial charge in [0.05, 0.1) is 18.7 Å². The molecule has 0 aliphatic carbocycles. The highest BCUT2D eigenvalue weighted by molar-refractivity contribution is 5.74. The zero-order valence-electron chi connectivity index (χ0n) is 13.1. The van der Waals surface area contributed by atoms with E-state index in [1.54, 1.807) is 19.1 Å². The molecule has 1 rings (SSSR count). The first-order chi connectivity index (χ1) is 9.71. The number of nitrogens with one attached hydrogen (secondary N) is 2. The van der Waals surface area contributed by atoms with Crippen LogP contribution in [0.4, 0.5) is 9.18 Å². The van der Waals surface area contributed by atoms with Crippen LogP contribution in [0.2, 0.25) is 0 Å². The Kier molecular flexibility index (Phi) is 6.15. The number of amides is 2. The Morgan fingerprint density at radius 2 is 1.81 bits per heavy atom. The van der Waals surface area contributed by atoms with Crippen molar-refractivity contribution >= 4 is 6.03 Å². The van der Waals surface area contributed by atoms with Crippen molar-refractivity contribution in [2.24, 2.45) is 5.41 Å². The van der Waals surface area contributed by atoms with Crippen molar-refractivity contribution in [3.05, 3.63) is 35.6 Å². The van der Waals surface area contributed by atoms with Gasteiger partial charge in [-0.15, -0.1) is 0 Å². The van der Waals surface area contributed by atoms with Crippen LogP contribution in [0.5, 0.6) is 0 Å². The maximum absolute atomic E-state index is 13.0. The minimum atomic E-state index is -0.338. The molecule has 1 aromatic carbocycles. The van der Waals surface area contributed by atoms with Crippen LogP contribution in [0.3, 0.4) is 0 Å². The average Bonchev–Trinajstić information content (AvgIpc) is 2.37. The van der Waals surface area contributed by atoms with E-state index in [2.05, 4.69) is 31.4 Å². The molecule has 4 nitrogen and oxygen atoms in total. The summed E-state index contributed by atoms with van der Waals surface area (Å²) in [6.45, 7) is 7.85.